The van der Waals surface area contributed by atoms with Gasteiger partial charge < -0.3 is 10.4 Å². The Morgan fingerprint density at radius 3 is 2.11 bits per heavy atom. The van der Waals surface area contributed by atoms with Gasteiger partial charge in [-0.15, -0.1) is 0 Å². The van der Waals surface area contributed by atoms with Crippen LogP contribution in [0.3, 0.4) is 0 Å². The minimum atomic E-state index is -4.34. The van der Waals surface area contributed by atoms with Gasteiger partial charge in [0.2, 0.25) is 0 Å². The van der Waals surface area contributed by atoms with Crippen LogP contribution in [-0.4, -0.2) is 53.4 Å². The highest BCUT2D eigenvalue weighted by atomic mass is 19.4. The van der Waals surface area contributed by atoms with Crippen LogP contribution in [0.15, 0.2) is 0 Å². The van der Waals surface area contributed by atoms with Crippen LogP contribution in [0.5, 0.6) is 0 Å². The molecule has 0 spiro atoms. The summed E-state index contributed by atoms with van der Waals surface area (Å²) >= 11 is 0. The third-order valence-corrected chi connectivity index (χ3v) is 2.67. The lowest BCUT2D eigenvalue weighted by Crippen LogP contribution is -2.59. The number of alkyl halides is 3. The van der Waals surface area contributed by atoms with Crippen LogP contribution in [-0.2, 0) is 4.79 Å². The molecule has 108 valence electrons. The Hall–Kier alpha value is -0.820. The van der Waals surface area contributed by atoms with E-state index in [4.69, 9.17) is 5.11 Å². The van der Waals surface area contributed by atoms with E-state index in [9.17, 15) is 18.0 Å². The Bertz CT molecular complexity index is 282. The minimum Gasteiger partial charge on any atom is -0.480 e. The largest absolute Gasteiger partial charge is 0.480 e. The maximum absolute atomic E-state index is 12.4. The smallest absolute Gasteiger partial charge is 0.401 e. The van der Waals surface area contributed by atoms with Crippen LogP contribution >= 0.6 is 0 Å². The van der Waals surface area contributed by atoms with Crippen molar-refractivity contribution in [1.29, 1.82) is 0 Å². The molecular weight excluding hydrogens is 249 g/mol. The van der Waals surface area contributed by atoms with Crippen molar-refractivity contribution in [1.82, 2.24) is 10.2 Å². The number of halogens is 3. The average molecular weight is 270 g/mol. The molecule has 0 aromatic carbocycles. The first-order valence-corrected chi connectivity index (χ1v) is 5.81. The lowest BCUT2D eigenvalue weighted by Gasteiger charge is -2.35. The molecule has 4 nitrogen and oxygen atoms in total. The van der Waals surface area contributed by atoms with Crippen molar-refractivity contribution in [2.75, 3.05) is 19.6 Å². The van der Waals surface area contributed by atoms with Gasteiger partial charge in [-0.2, -0.15) is 13.2 Å². The number of carboxylic acid groups (broad SMARTS) is 1. The Balaban J connectivity index is 4.89. The Kier molecular flexibility index (Phi) is 6.09. The van der Waals surface area contributed by atoms with Crippen molar-refractivity contribution < 1.29 is 23.1 Å². The summed E-state index contributed by atoms with van der Waals surface area (Å²) in [6.45, 7) is 5.39. The van der Waals surface area contributed by atoms with Gasteiger partial charge in [-0.25, -0.2) is 0 Å². The Labute approximate surface area is 105 Å². The molecule has 0 aliphatic carbocycles. The van der Waals surface area contributed by atoms with Crippen molar-refractivity contribution >= 4 is 5.97 Å². The summed E-state index contributed by atoms with van der Waals surface area (Å²) in [7, 11) is 0. The van der Waals surface area contributed by atoms with Crippen molar-refractivity contribution in [2.45, 2.75) is 45.5 Å². The third kappa shape index (κ3) is 5.68. The second-order valence-corrected chi connectivity index (χ2v) is 4.78. The van der Waals surface area contributed by atoms with Gasteiger partial charge in [0.1, 0.15) is 5.54 Å². The minimum absolute atomic E-state index is 0.201. The number of hydrogen-bond acceptors (Lipinski definition) is 3. The molecule has 1 unspecified atom stereocenters. The fourth-order valence-electron chi connectivity index (χ4n) is 1.65. The second-order valence-electron chi connectivity index (χ2n) is 4.78. The molecule has 0 amide bonds. The van der Waals surface area contributed by atoms with Crippen LogP contribution in [0.1, 0.15) is 27.7 Å². The zero-order valence-corrected chi connectivity index (χ0v) is 11.1. The van der Waals surface area contributed by atoms with Crippen LogP contribution in [0, 0.1) is 0 Å². The number of hydrogen-bond donors (Lipinski definition) is 2. The summed E-state index contributed by atoms with van der Waals surface area (Å²) in [5.74, 6) is -1.16. The van der Waals surface area contributed by atoms with Crippen LogP contribution < -0.4 is 5.32 Å². The standard InChI is InChI=1S/C11H21F3N2O2/c1-5-15-10(4,9(17)18)6-16(8(2)3)7-11(12,13)14/h8,15H,5-7H2,1-4H3,(H,17,18). The van der Waals surface area contributed by atoms with E-state index in [0.29, 0.717) is 6.54 Å². The van der Waals surface area contributed by atoms with E-state index >= 15 is 0 Å². The lowest BCUT2D eigenvalue weighted by atomic mass is 10.0. The zero-order chi connectivity index (χ0) is 14.6. The van der Waals surface area contributed by atoms with E-state index in [2.05, 4.69) is 5.32 Å². The van der Waals surface area contributed by atoms with E-state index < -0.39 is 24.2 Å². The van der Waals surface area contributed by atoms with Gasteiger partial charge in [0.15, 0.2) is 0 Å². The molecule has 0 bridgehead atoms. The molecule has 0 radical (unpaired) electrons. The van der Waals surface area contributed by atoms with Gasteiger partial charge in [-0.1, -0.05) is 6.92 Å². The highest BCUT2D eigenvalue weighted by molar-refractivity contribution is 5.78. The average Bonchev–Trinajstić information content (AvgIpc) is 2.14. The normalized spacial score (nSPS) is 16.1. The maximum Gasteiger partial charge on any atom is 0.401 e. The number of nitrogens with zero attached hydrogens (tertiary/aromatic N) is 1. The summed E-state index contributed by atoms with van der Waals surface area (Å²) in [6.07, 6.45) is -4.34. The number of aliphatic carboxylic acids is 1. The first kappa shape index (κ1) is 17.2. The van der Waals surface area contributed by atoms with Crippen LogP contribution in [0.2, 0.25) is 0 Å². The first-order valence-electron chi connectivity index (χ1n) is 5.81. The first-order chi connectivity index (χ1) is 8.02. The molecule has 0 aliphatic heterocycles. The summed E-state index contributed by atoms with van der Waals surface area (Å²) in [6, 6.07) is -0.385. The molecule has 0 saturated heterocycles. The molecule has 0 fully saturated rings. The van der Waals surface area contributed by atoms with Crippen molar-refractivity contribution in [3.8, 4) is 0 Å². The fraction of sp³-hybridized carbons (Fsp3) is 0.909. The number of carbonyl (C=O) groups is 1. The fourth-order valence-corrected chi connectivity index (χ4v) is 1.65. The van der Waals surface area contributed by atoms with Crippen LogP contribution in [0.4, 0.5) is 13.2 Å². The van der Waals surface area contributed by atoms with E-state index in [-0.39, 0.29) is 12.6 Å². The predicted octanol–water partition coefficient (Wildman–Crippen LogP) is 1.71. The van der Waals surface area contributed by atoms with Gasteiger partial charge in [0.25, 0.3) is 0 Å². The lowest BCUT2D eigenvalue weighted by molar-refractivity contribution is -0.158. The Morgan fingerprint density at radius 2 is 1.83 bits per heavy atom. The molecule has 0 rings (SSSR count). The molecule has 0 heterocycles. The van der Waals surface area contributed by atoms with E-state index in [1.54, 1.807) is 20.8 Å². The highest BCUT2D eigenvalue weighted by Crippen LogP contribution is 2.20. The molecule has 18 heavy (non-hydrogen) atoms. The second kappa shape index (κ2) is 6.38. The van der Waals surface area contributed by atoms with Gasteiger partial charge >= 0.3 is 12.1 Å². The van der Waals surface area contributed by atoms with E-state index in [1.807, 2.05) is 0 Å². The molecule has 0 aromatic rings. The number of nitrogens with one attached hydrogen (secondary N) is 1. The van der Waals surface area contributed by atoms with Crippen molar-refractivity contribution in [2.24, 2.45) is 0 Å². The molecule has 0 aromatic heterocycles. The summed E-state index contributed by atoms with van der Waals surface area (Å²) in [5.41, 5.74) is -1.38. The molecule has 0 aliphatic rings. The van der Waals surface area contributed by atoms with Crippen molar-refractivity contribution in [3.05, 3.63) is 0 Å². The third-order valence-electron chi connectivity index (χ3n) is 2.67. The molecule has 2 N–H and O–H groups in total. The Morgan fingerprint density at radius 1 is 1.33 bits per heavy atom. The topological polar surface area (TPSA) is 52.6 Å². The van der Waals surface area contributed by atoms with Crippen molar-refractivity contribution in [3.63, 3.8) is 0 Å². The van der Waals surface area contributed by atoms with Gasteiger partial charge in [-0.05, 0) is 27.3 Å². The quantitative estimate of drug-likeness (QED) is 0.739. The number of rotatable bonds is 7. The van der Waals surface area contributed by atoms with Crippen LogP contribution in [0.25, 0.3) is 0 Å². The van der Waals surface area contributed by atoms with Gasteiger partial charge in [0, 0.05) is 12.6 Å². The van der Waals surface area contributed by atoms with Gasteiger partial charge in [0.05, 0.1) is 6.54 Å². The zero-order valence-electron chi connectivity index (χ0n) is 11.1. The van der Waals surface area contributed by atoms with E-state index in [1.165, 1.54) is 6.92 Å². The number of likely N-dealkylation sites (N-methyl/N-ethyl adjacent to an activating group) is 1. The predicted molar refractivity (Wildman–Crippen MR) is 62.5 cm³/mol. The van der Waals surface area contributed by atoms with E-state index in [0.717, 1.165) is 4.90 Å². The summed E-state index contributed by atoms with van der Waals surface area (Å²) < 4.78 is 37.3. The molecule has 7 heteroatoms. The highest BCUT2D eigenvalue weighted by Gasteiger charge is 2.39. The monoisotopic (exact) mass is 270 g/mol. The molecule has 0 saturated carbocycles. The number of carboxylic acids is 1. The summed E-state index contributed by atoms with van der Waals surface area (Å²) in [5, 5.41) is 11.8. The SMILES string of the molecule is CCNC(C)(CN(CC(F)(F)F)C(C)C)C(=O)O. The van der Waals surface area contributed by atoms with Gasteiger partial charge in [-0.3, -0.25) is 9.69 Å². The molecular formula is C11H21F3N2O2. The summed E-state index contributed by atoms with van der Waals surface area (Å²) in [4.78, 5) is 12.3. The molecule has 1 atom stereocenters. The maximum atomic E-state index is 12.4.